The number of furan rings is 1. The van der Waals surface area contributed by atoms with Gasteiger partial charge >= 0.3 is 0 Å². The molecular formula is C18H22FNO2. The van der Waals surface area contributed by atoms with Crippen LogP contribution in [0.5, 0.6) is 0 Å². The molecular weight excluding hydrogens is 281 g/mol. The van der Waals surface area contributed by atoms with E-state index in [2.05, 4.69) is 6.92 Å². The predicted molar refractivity (Wildman–Crippen MR) is 84.1 cm³/mol. The maximum atomic E-state index is 13.0. The summed E-state index contributed by atoms with van der Waals surface area (Å²) in [5.41, 5.74) is 1.52. The zero-order valence-corrected chi connectivity index (χ0v) is 13.1. The summed E-state index contributed by atoms with van der Waals surface area (Å²) in [6.45, 7) is 5.09. The second-order valence-electron chi connectivity index (χ2n) is 5.45. The van der Waals surface area contributed by atoms with Crippen LogP contribution in [-0.2, 0) is 6.54 Å². The van der Waals surface area contributed by atoms with E-state index in [0.717, 1.165) is 24.8 Å². The molecule has 0 aliphatic rings. The average Bonchev–Trinajstić information content (AvgIpc) is 2.94. The highest BCUT2D eigenvalue weighted by molar-refractivity contribution is 5.95. The summed E-state index contributed by atoms with van der Waals surface area (Å²) < 4.78 is 18.2. The number of carbonyl (C=O) groups excluding carboxylic acids is 1. The minimum atomic E-state index is -0.265. The molecule has 3 nitrogen and oxygen atoms in total. The van der Waals surface area contributed by atoms with Crippen LogP contribution < -0.4 is 0 Å². The van der Waals surface area contributed by atoms with Crippen molar-refractivity contribution in [1.29, 1.82) is 0 Å². The van der Waals surface area contributed by atoms with Crippen molar-refractivity contribution < 1.29 is 13.6 Å². The van der Waals surface area contributed by atoms with Crippen molar-refractivity contribution in [3.8, 4) is 0 Å². The third-order valence-corrected chi connectivity index (χ3v) is 3.69. The molecule has 0 saturated heterocycles. The minimum Gasteiger partial charge on any atom is -0.469 e. The second kappa shape index (κ2) is 7.78. The molecule has 0 fully saturated rings. The number of amides is 1. The van der Waals surface area contributed by atoms with Gasteiger partial charge in [0.05, 0.1) is 11.8 Å². The van der Waals surface area contributed by atoms with Gasteiger partial charge in [0, 0.05) is 13.1 Å². The van der Waals surface area contributed by atoms with Gasteiger partial charge in [-0.05, 0) is 37.1 Å². The van der Waals surface area contributed by atoms with Gasteiger partial charge in [-0.2, -0.15) is 0 Å². The van der Waals surface area contributed by atoms with Gasteiger partial charge in [-0.3, -0.25) is 4.79 Å². The van der Waals surface area contributed by atoms with E-state index in [0.29, 0.717) is 24.4 Å². The number of hydrogen-bond acceptors (Lipinski definition) is 2. The topological polar surface area (TPSA) is 33.5 Å². The zero-order valence-electron chi connectivity index (χ0n) is 13.1. The molecule has 1 aromatic heterocycles. The number of carbonyl (C=O) groups is 1. The molecule has 1 heterocycles. The van der Waals surface area contributed by atoms with Gasteiger partial charge < -0.3 is 9.32 Å². The Balaban J connectivity index is 2.13. The number of nitrogens with zero attached hydrogens (tertiary/aromatic N) is 1. The molecule has 0 aliphatic heterocycles. The summed E-state index contributed by atoms with van der Waals surface area (Å²) in [5.74, 6) is 0.328. The van der Waals surface area contributed by atoms with E-state index in [4.69, 9.17) is 4.42 Å². The smallest absolute Gasteiger partial charge is 0.257 e. The first-order valence-electron chi connectivity index (χ1n) is 7.69. The van der Waals surface area contributed by atoms with E-state index in [-0.39, 0.29) is 11.7 Å². The largest absolute Gasteiger partial charge is 0.469 e. The molecule has 4 heteroatoms. The highest BCUT2D eigenvalue weighted by Crippen LogP contribution is 2.16. The highest BCUT2D eigenvalue weighted by atomic mass is 19.1. The molecule has 0 N–H and O–H groups in total. The normalized spacial score (nSPS) is 10.7. The summed E-state index contributed by atoms with van der Waals surface area (Å²) in [4.78, 5) is 14.5. The van der Waals surface area contributed by atoms with Crippen molar-refractivity contribution in [2.24, 2.45) is 0 Å². The first-order chi connectivity index (χ1) is 10.6. The van der Waals surface area contributed by atoms with Gasteiger partial charge in [-0.25, -0.2) is 4.39 Å². The number of halogens is 1. The van der Waals surface area contributed by atoms with Crippen LogP contribution in [0.1, 0.15) is 47.9 Å². The lowest BCUT2D eigenvalue weighted by atomic mass is 10.1. The van der Waals surface area contributed by atoms with Crippen molar-refractivity contribution in [2.45, 2.75) is 39.7 Å². The van der Waals surface area contributed by atoms with Crippen molar-refractivity contribution in [3.05, 3.63) is 59.3 Å². The van der Waals surface area contributed by atoms with E-state index in [1.165, 1.54) is 18.4 Å². The van der Waals surface area contributed by atoms with Crippen LogP contribution in [0.3, 0.4) is 0 Å². The summed E-state index contributed by atoms with van der Waals surface area (Å²) in [7, 11) is 0. The number of unbranched alkanes of at least 4 members (excludes halogenated alkanes) is 2. The van der Waals surface area contributed by atoms with E-state index in [9.17, 15) is 9.18 Å². The summed E-state index contributed by atoms with van der Waals surface area (Å²) in [5, 5.41) is 0. The number of aryl methyl sites for hydroxylation is 1. The van der Waals surface area contributed by atoms with E-state index < -0.39 is 0 Å². The Hall–Kier alpha value is -2.10. The quantitative estimate of drug-likeness (QED) is 0.703. The van der Waals surface area contributed by atoms with Gasteiger partial charge in [0.25, 0.3) is 5.91 Å². The molecule has 118 valence electrons. The fraction of sp³-hybridized carbons (Fsp3) is 0.389. The third kappa shape index (κ3) is 4.20. The molecule has 2 aromatic rings. The van der Waals surface area contributed by atoms with Crippen molar-refractivity contribution in [1.82, 2.24) is 4.90 Å². The highest BCUT2D eigenvalue weighted by Gasteiger charge is 2.19. The van der Waals surface area contributed by atoms with Gasteiger partial charge in [0.15, 0.2) is 0 Å². The maximum absolute atomic E-state index is 13.0. The molecule has 0 atom stereocenters. The molecule has 0 spiro atoms. The van der Waals surface area contributed by atoms with E-state index in [1.807, 2.05) is 0 Å². The molecule has 1 amide bonds. The summed E-state index contributed by atoms with van der Waals surface area (Å²) in [6.07, 6.45) is 4.67. The lowest BCUT2D eigenvalue weighted by Crippen LogP contribution is -2.31. The standard InChI is InChI=1S/C18H22FNO2/c1-3-4-5-11-20(13-15-6-8-16(19)9-7-15)18(21)17-10-12-22-14(17)2/h6-10,12H,3-5,11,13H2,1-2H3. The van der Waals surface area contributed by atoms with Gasteiger partial charge in [-0.15, -0.1) is 0 Å². The lowest BCUT2D eigenvalue weighted by molar-refractivity contribution is 0.0738. The van der Waals surface area contributed by atoms with Crippen molar-refractivity contribution in [2.75, 3.05) is 6.54 Å². The first-order valence-corrected chi connectivity index (χ1v) is 7.69. The van der Waals surface area contributed by atoms with Crippen LogP contribution in [0.2, 0.25) is 0 Å². The van der Waals surface area contributed by atoms with Crippen LogP contribution in [0.25, 0.3) is 0 Å². The first kappa shape index (κ1) is 16.3. The van der Waals surface area contributed by atoms with Crippen LogP contribution in [0, 0.1) is 12.7 Å². The van der Waals surface area contributed by atoms with Gasteiger partial charge in [0.2, 0.25) is 0 Å². The van der Waals surface area contributed by atoms with Crippen molar-refractivity contribution in [3.63, 3.8) is 0 Å². The fourth-order valence-electron chi connectivity index (χ4n) is 2.39. The molecule has 22 heavy (non-hydrogen) atoms. The molecule has 1 aromatic carbocycles. The minimum absolute atomic E-state index is 0.0355. The second-order valence-corrected chi connectivity index (χ2v) is 5.45. The average molecular weight is 303 g/mol. The van der Waals surface area contributed by atoms with Gasteiger partial charge in [-0.1, -0.05) is 31.9 Å². The Morgan fingerprint density at radius 2 is 1.91 bits per heavy atom. The van der Waals surface area contributed by atoms with Gasteiger partial charge in [0.1, 0.15) is 11.6 Å². The maximum Gasteiger partial charge on any atom is 0.257 e. The zero-order chi connectivity index (χ0) is 15.9. The van der Waals surface area contributed by atoms with E-state index >= 15 is 0 Å². The monoisotopic (exact) mass is 303 g/mol. The summed E-state index contributed by atoms with van der Waals surface area (Å²) >= 11 is 0. The van der Waals surface area contributed by atoms with Crippen LogP contribution in [0.4, 0.5) is 4.39 Å². The molecule has 0 radical (unpaired) electrons. The number of hydrogen-bond donors (Lipinski definition) is 0. The lowest BCUT2D eigenvalue weighted by Gasteiger charge is -2.22. The molecule has 0 aliphatic carbocycles. The number of benzene rings is 1. The Kier molecular flexibility index (Phi) is 5.75. The Bertz CT molecular complexity index is 604. The molecule has 0 saturated carbocycles. The predicted octanol–water partition coefficient (Wildman–Crippen LogP) is 4.56. The Morgan fingerprint density at radius 3 is 2.50 bits per heavy atom. The third-order valence-electron chi connectivity index (χ3n) is 3.69. The van der Waals surface area contributed by atoms with Crippen LogP contribution in [0.15, 0.2) is 41.0 Å². The summed E-state index contributed by atoms with van der Waals surface area (Å²) in [6, 6.07) is 7.99. The van der Waals surface area contributed by atoms with Crippen LogP contribution in [-0.4, -0.2) is 17.4 Å². The van der Waals surface area contributed by atoms with Crippen molar-refractivity contribution >= 4 is 5.91 Å². The Morgan fingerprint density at radius 1 is 1.18 bits per heavy atom. The molecule has 0 bridgehead atoms. The molecule has 2 rings (SSSR count). The SMILES string of the molecule is CCCCCN(Cc1ccc(F)cc1)C(=O)c1ccoc1C. The fourth-order valence-corrected chi connectivity index (χ4v) is 2.39. The van der Waals surface area contributed by atoms with Crippen LogP contribution >= 0.6 is 0 Å². The Labute approximate surface area is 130 Å². The molecule has 0 unspecified atom stereocenters. The van der Waals surface area contributed by atoms with E-state index in [1.54, 1.807) is 30.0 Å². The number of rotatable bonds is 7.